The average Bonchev–Trinajstić information content (AvgIpc) is 2.93. The minimum atomic E-state index is 0. The van der Waals surface area contributed by atoms with Gasteiger partial charge in [-0.1, -0.05) is 53.7 Å². The van der Waals surface area contributed by atoms with Gasteiger partial charge in [0.1, 0.15) is 5.82 Å². The normalized spacial score (nSPS) is 19.7. The van der Waals surface area contributed by atoms with Gasteiger partial charge in [-0.05, 0) is 28.9 Å². The second-order valence-corrected chi connectivity index (χ2v) is 11.1. The molecule has 1 fully saturated rings. The van der Waals surface area contributed by atoms with E-state index >= 15 is 0 Å². The van der Waals surface area contributed by atoms with Crippen LogP contribution >= 0.6 is 0 Å². The molecule has 1 radical (unpaired) electrons. The first-order valence-corrected chi connectivity index (χ1v) is 12.1. The van der Waals surface area contributed by atoms with Gasteiger partial charge >= 0.3 is 0 Å². The molecular formula is C28H34IrN5O-. The molecule has 5 rings (SSSR count). The van der Waals surface area contributed by atoms with Crippen LogP contribution < -0.4 is 4.90 Å². The van der Waals surface area contributed by atoms with Crippen molar-refractivity contribution in [3.05, 3.63) is 53.5 Å². The van der Waals surface area contributed by atoms with E-state index in [0.717, 1.165) is 29.9 Å². The minimum absolute atomic E-state index is 0. The Labute approximate surface area is 222 Å². The van der Waals surface area contributed by atoms with Crippen LogP contribution in [0.3, 0.4) is 0 Å². The van der Waals surface area contributed by atoms with Crippen LogP contribution in [0.2, 0.25) is 0 Å². The van der Waals surface area contributed by atoms with E-state index < -0.39 is 0 Å². The van der Waals surface area contributed by atoms with Gasteiger partial charge < -0.3 is 14.6 Å². The van der Waals surface area contributed by atoms with Gasteiger partial charge in [-0.15, -0.1) is 34.9 Å². The summed E-state index contributed by atoms with van der Waals surface area (Å²) in [5, 5.41) is 0. The molecule has 7 heteroatoms. The number of pyridine rings is 1. The van der Waals surface area contributed by atoms with E-state index in [4.69, 9.17) is 14.7 Å². The molecule has 1 saturated heterocycles. The number of ether oxygens (including phenoxy) is 1. The maximum Gasteiger partial charge on any atom is 0.229 e. The Hall–Kier alpha value is -2.21. The zero-order valence-corrected chi connectivity index (χ0v) is 24.1. The first kappa shape index (κ1) is 25.9. The molecule has 0 unspecified atom stereocenters. The quantitative estimate of drug-likeness (QED) is 0.367. The van der Waals surface area contributed by atoms with Gasteiger partial charge in [0.05, 0.1) is 13.2 Å². The van der Waals surface area contributed by atoms with Crippen LogP contribution in [-0.4, -0.2) is 46.2 Å². The molecule has 1 aromatic carbocycles. The van der Waals surface area contributed by atoms with Crippen molar-refractivity contribution < 1.29 is 24.8 Å². The van der Waals surface area contributed by atoms with Gasteiger partial charge in [0.25, 0.3) is 0 Å². The van der Waals surface area contributed by atoms with Crippen LogP contribution in [0.15, 0.2) is 30.5 Å². The molecule has 35 heavy (non-hydrogen) atoms. The summed E-state index contributed by atoms with van der Waals surface area (Å²) in [5.41, 5.74) is 5.84. The molecule has 6 nitrogen and oxygen atoms in total. The van der Waals surface area contributed by atoms with E-state index in [-0.39, 0.29) is 36.4 Å². The molecule has 0 spiro atoms. The third kappa shape index (κ3) is 4.12. The summed E-state index contributed by atoms with van der Waals surface area (Å²) in [6.45, 7) is 19.0. The largest absolute Gasteiger partial charge is 0.378 e. The van der Waals surface area contributed by atoms with Crippen LogP contribution in [-0.2, 0) is 35.7 Å². The van der Waals surface area contributed by atoms with Crippen molar-refractivity contribution in [2.45, 2.75) is 59.3 Å². The fraction of sp³-hybridized carbons (Fsp3) is 0.500. The Morgan fingerprint density at radius 1 is 0.914 bits per heavy atom. The first-order valence-electron chi connectivity index (χ1n) is 12.1. The molecule has 2 aromatic heterocycles. The maximum absolute atomic E-state index is 5.46. The molecule has 187 valence electrons. The Balaban J connectivity index is 0.00000289. The molecule has 1 aliphatic heterocycles. The second-order valence-electron chi connectivity index (χ2n) is 11.1. The van der Waals surface area contributed by atoms with Crippen molar-refractivity contribution in [1.82, 2.24) is 19.9 Å². The third-order valence-electron chi connectivity index (χ3n) is 8.75. The van der Waals surface area contributed by atoms with Crippen LogP contribution in [0.4, 0.5) is 5.95 Å². The Morgan fingerprint density at radius 3 is 2.26 bits per heavy atom. The fourth-order valence-electron chi connectivity index (χ4n) is 5.32. The summed E-state index contributed by atoms with van der Waals surface area (Å²) < 4.78 is 5.46. The van der Waals surface area contributed by atoms with Gasteiger partial charge in [0, 0.05) is 45.0 Å². The number of aromatic nitrogens is 4. The molecular weight excluding hydrogens is 615 g/mol. The predicted molar refractivity (Wildman–Crippen MR) is 135 cm³/mol. The van der Waals surface area contributed by atoms with E-state index in [1.54, 1.807) is 0 Å². The summed E-state index contributed by atoms with van der Waals surface area (Å²) >= 11 is 0. The average molecular weight is 649 g/mol. The van der Waals surface area contributed by atoms with Crippen LogP contribution in [0, 0.1) is 18.4 Å². The van der Waals surface area contributed by atoms with Crippen LogP contribution in [0.25, 0.3) is 22.6 Å². The number of fused-ring (bicyclic) bond motifs is 1. The fourth-order valence-corrected chi connectivity index (χ4v) is 5.32. The van der Waals surface area contributed by atoms with E-state index in [9.17, 15) is 0 Å². The summed E-state index contributed by atoms with van der Waals surface area (Å²) in [6.07, 6.45) is 1.85. The summed E-state index contributed by atoms with van der Waals surface area (Å²) in [6, 6.07) is 12.1. The molecule has 0 N–H and O–H groups in total. The second kappa shape index (κ2) is 9.02. The van der Waals surface area contributed by atoms with E-state index in [2.05, 4.69) is 74.6 Å². The molecule has 0 atom stereocenters. The zero-order chi connectivity index (χ0) is 24.3. The van der Waals surface area contributed by atoms with Crippen molar-refractivity contribution >= 4 is 5.95 Å². The number of anilines is 1. The van der Waals surface area contributed by atoms with Gasteiger partial charge in [0.15, 0.2) is 5.82 Å². The number of aryl methyl sites for hydroxylation is 1. The van der Waals surface area contributed by atoms with Crippen molar-refractivity contribution in [3.63, 3.8) is 0 Å². The van der Waals surface area contributed by atoms with Gasteiger partial charge in [-0.2, -0.15) is 9.97 Å². The third-order valence-corrected chi connectivity index (χ3v) is 8.75. The predicted octanol–water partition coefficient (Wildman–Crippen LogP) is 5.14. The van der Waals surface area contributed by atoms with E-state index in [1.165, 1.54) is 11.1 Å². The van der Waals surface area contributed by atoms with Crippen molar-refractivity contribution in [2.24, 2.45) is 5.41 Å². The SMILES string of the molecule is Cc1nc(-c2ccc(-c3[c-]cc4c(c3)C(C)(C)C(C)(C)C4(C)C)nc2)nc(N2CCOCC2)n1.[Ir]. The monoisotopic (exact) mass is 649 g/mol. The molecule has 1 aliphatic carbocycles. The zero-order valence-electron chi connectivity index (χ0n) is 21.7. The van der Waals surface area contributed by atoms with Crippen LogP contribution in [0.1, 0.15) is 58.5 Å². The minimum Gasteiger partial charge on any atom is -0.378 e. The van der Waals surface area contributed by atoms with Gasteiger partial charge in [0.2, 0.25) is 5.95 Å². The Bertz CT molecular complexity index is 1230. The van der Waals surface area contributed by atoms with Crippen molar-refractivity contribution in [3.8, 4) is 22.6 Å². The smallest absolute Gasteiger partial charge is 0.229 e. The molecule has 3 aromatic rings. The molecule has 0 bridgehead atoms. The van der Waals surface area contributed by atoms with Crippen molar-refractivity contribution in [2.75, 3.05) is 31.2 Å². The molecule has 3 heterocycles. The van der Waals surface area contributed by atoms with E-state index in [1.807, 2.05) is 25.3 Å². The number of benzene rings is 1. The topological polar surface area (TPSA) is 64.0 Å². The number of hydrogen-bond donors (Lipinski definition) is 0. The summed E-state index contributed by atoms with van der Waals surface area (Å²) in [4.78, 5) is 20.8. The first-order chi connectivity index (χ1) is 16.0. The van der Waals surface area contributed by atoms with Gasteiger partial charge in [-0.3, -0.25) is 0 Å². The maximum atomic E-state index is 5.46. The number of rotatable bonds is 3. The number of morpholine rings is 1. The Morgan fingerprint density at radius 2 is 1.60 bits per heavy atom. The Kier molecular flexibility index (Phi) is 6.67. The molecule has 2 aliphatic rings. The van der Waals surface area contributed by atoms with E-state index in [0.29, 0.717) is 30.8 Å². The number of nitrogens with zero attached hydrogens (tertiary/aromatic N) is 5. The molecule has 0 amide bonds. The standard InChI is InChI=1S/C28H34N5O.Ir/c1-18-30-24(32-25(31-18)33-12-14-34-15-13-33)20-9-11-23(29-17-20)19-8-10-21-22(16-19)27(4,5)28(6,7)26(21,2)3;/h9-11,16-17H,12-15H2,1-7H3;/q-1;. The van der Waals surface area contributed by atoms with Gasteiger partial charge in [-0.25, -0.2) is 4.98 Å². The van der Waals surface area contributed by atoms with Crippen LogP contribution in [0.5, 0.6) is 0 Å². The summed E-state index contributed by atoms with van der Waals surface area (Å²) in [7, 11) is 0. The summed E-state index contributed by atoms with van der Waals surface area (Å²) in [5.74, 6) is 2.06. The molecule has 0 saturated carbocycles. The van der Waals surface area contributed by atoms with Crippen molar-refractivity contribution in [1.29, 1.82) is 0 Å². The number of hydrogen-bond acceptors (Lipinski definition) is 6.